The lowest BCUT2D eigenvalue weighted by atomic mass is 10.2. The molecule has 2 rings (SSSR count). The summed E-state index contributed by atoms with van der Waals surface area (Å²) in [5, 5.41) is 3.33. The molecule has 0 saturated heterocycles. The average Bonchev–Trinajstić information content (AvgIpc) is 3.00. The SMILES string of the molecule is CCNC(=NCCc1ccco1)N(C)Cc1ccccc1. The summed E-state index contributed by atoms with van der Waals surface area (Å²) in [7, 11) is 2.06. The molecule has 1 aromatic carbocycles. The van der Waals surface area contributed by atoms with Crippen molar-refractivity contribution in [2.24, 2.45) is 4.99 Å². The van der Waals surface area contributed by atoms with E-state index in [4.69, 9.17) is 4.42 Å². The molecule has 0 spiro atoms. The number of hydrogen-bond acceptors (Lipinski definition) is 2. The van der Waals surface area contributed by atoms with Crippen LogP contribution in [0.2, 0.25) is 0 Å². The zero-order chi connectivity index (χ0) is 14.9. The molecule has 2 aromatic rings. The minimum absolute atomic E-state index is 0.717. The van der Waals surface area contributed by atoms with Gasteiger partial charge in [-0.05, 0) is 24.6 Å². The number of nitrogens with zero attached hydrogens (tertiary/aromatic N) is 2. The Morgan fingerprint density at radius 2 is 2.00 bits per heavy atom. The Kier molecular flexibility index (Phi) is 5.88. The van der Waals surface area contributed by atoms with Crippen molar-refractivity contribution < 1.29 is 4.42 Å². The van der Waals surface area contributed by atoms with Crippen molar-refractivity contribution in [3.8, 4) is 0 Å². The summed E-state index contributed by atoms with van der Waals surface area (Å²) in [6.07, 6.45) is 2.52. The first-order valence-corrected chi connectivity index (χ1v) is 7.35. The Morgan fingerprint density at radius 3 is 2.67 bits per heavy atom. The van der Waals surface area contributed by atoms with Crippen LogP contribution >= 0.6 is 0 Å². The number of nitrogens with one attached hydrogen (secondary N) is 1. The molecule has 0 fully saturated rings. The van der Waals surface area contributed by atoms with Crippen LogP contribution < -0.4 is 5.32 Å². The van der Waals surface area contributed by atoms with Crippen LogP contribution in [0.15, 0.2) is 58.1 Å². The second-order valence-electron chi connectivity index (χ2n) is 4.91. The Hall–Kier alpha value is -2.23. The van der Waals surface area contributed by atoms with Crippen molar-refractivity contribution in [2.45, 2.75) is 19.9 Å². The smallest absolute Gasteiger partial charge is 0.193 e. The summed E-state index contributed by atoms with van der Waals surface area (Å²) in [6, 6.07) is 14.3. The summed E-state index contributed by atoms with van der Waals surface area (Å²) in [4.78, 5) is 6.80. The number of guanidine groups is 1. The van der Waals surface area contributed by atoms with E-state index in [0.29, 0.717) is 0 Å². The molecular formula is C17H23N3O. The van der Waals surface area contributed by atoms with Crippen molar-refractivity contribution in [3.05, 3.63) is 60.1 Å². The summed E-state index contributed by atoms with van der Waals surface area (Å²) in [6.45, 7) is 4.50. The van der Waals surface area contributed by atoms with Gasteiger partial charge in [0.05, 0.1) is 6.26 Å². The number of rotatable bonds is 6. The third kappa shape index (κ3) is 4.99. The van der Waals surface area contributed by atoms with Crippen molar-refractivity contribution in [2.75, 3.05) is 20.1 Å². The topological polar surface area (TPSA) is 40.8 Å². The zero-order valence-electron chi connectivity index (χ0n) is 12.7. The molecule has 1 N–H and O–H groups in total. The van der Waals surface area contributed by atoms with E-state index in [-0.39, 0.29) is 0 Å². The van der Waals surface area contributed by atoms with E-state index in [1.165, 1.54) is 5.56 Å². The summed E-state index contributed by atoms with van der Waals surface area (Å²) in [5.74, 6) is 1.90. The quantitative estimate of drug-likeness (QED) is 0.655. The molecule has 0 unspecified atom stereocenters. The van der Waals surface area contributed by atoms with Crippen molar-refractivity contribution in [1.82, 2.24) is 10.2 Å². The maximum absolute atomic E-state index is 5.33. The van der Waals surface area contributed by atoms with Crippen LogP contribution in [0.5, 0.6) is 0 Å². The van der Waals surface area contributed by atoms with E-state index in [2.05, 4.69) is 53.4 Å². The molecule has 4 nitrogen and oxygen atoms in total. The first-order chi connectivity index (χ1) is 10.3. The van der Waals surface area contributed by atoms with Gasteiger partial charge < -0.3 is 14.6 Å². The van der Waals surface area contributed by atoms with Gasteiger partial charge in [0, 0.05) is 33.1 Å². The summed E-state index contributed by atoms with van der Waals surface area (Å²) >= 11 is 0. The number of furan rings is 1. The maximum atomic E-state index is 5.33. The maximum Gasteiger partial charge on any atom is 0.193 e. The third-order valence-corrected chi connectivity index (χ3v) is 3.16. The fraction of sp³-hybridized carbons (Fsp3) is 0.353. The Bertz CT molecular complexity index is 534. The van der Waals surface area contributed by atoms with Crippen LogP contribution in [-0.4, -0.2) is 31.0 Å². The van der Waals surface area contributed by atoms with Gasteiger partial charge >= 0.3 is 0 Å². The minimum atomic E-state index is 0.717. The van der Waals surface area contributed by atoms with Crippen LogP contribution in [0.25, 0.3) is 0 Å². The molecule has 112 valence electrons. The lowest BCUT2D eigenvalue weighted by Gasteiger charge is -2.22. The Labute approximate surface area is 126 Å². The molecule has 0 amide bonds. The van der Waals surface area contributed by atoms with Gasteiger partial charge in [-0.1, -0.05) is 30.3 Å². The normalized spacial score (nSPS) is 11.4. The fourth-order valence-corrected chi connectivity index (χ4v) is 2.13. The standard InChI is InChI=1S/C17H23N3O/c1-3-18-17(19-12-11-16-10-7-13-21-16)20(2)14-15-8-5-4-6-9-15/h4-10,13H,3,11-12,14H2,1-2H3,(H,18,19). The van der Waals surface area contributed by atoms with Crippen molar-refractivity contribution >= 4 is 5.96 Å². The lowest BCUT2D eigenvalue weighted by molar-refractivity contribution is 0.474. The molecular weight excluding hydrogens is 262 g/mol. The van der Waals surface area contributed by atoms with Crippen LogP contribution in [-0.2, 0) is 13.0 Å². The van der Waals surface area contributed by atoms with Gasteiger partial charge in [-0.25, -0.2) is 0 Å². The highest BCUT2D eigenvalue weighted by Crippen LogP contribution is 2.04. The molecule has 0 aliphatic heterocycles. The second-order valence-corrected chi connectivity index (χ2v) is 4.91. The molecule has 0 bridgehead atoms. The predicted molar refractivity (Wildman–Crippen MR) is 86.3 cm³/mol. The average molecular weight is 285 g/mol. The summed E-state index contributed by atoms with van der Waals surface area (Å²) < 4.78 is 5.33. The molecule has 0 atom stereocenters. The van der Waals surface area contributed by atoms with Crippen LogP contribution in [0.3, 0.4) is 0 Å². The Morgan fingerprint density at radius 1 is 1.19 bits per heavy atom. The number of aliphatic imine (C=N–C) groups is 1. The minimum Gasteiger partial charge on any atom is -0.469 e. The van der Waals surface area contributed by atoms with Gasteiger partial charge in [-0.15, -0.1) is 0 Å². The van der Waals surface area contributed by atoms with Crippen molar-refractivity contribution in [3.63, 3.8) is 0 Å². The molecule has 1 heterocycles. The van der Waals surface area contributed by atoms with E-state index in [0.717, 1.165) is 37.8 Å². The van der Waals surface area contributed by atoms with Crippen molar-refractivity contribution in [1.29, 1.82) is 0 Å². The number of hydrogen-bond donors (Lipinski definition) is 1. The molecule has 0 saturated carbocycles. The largest absolute Gasteiger partial charge is 0.469 e. The van der Waals surface area contributed by atoms with E-state index in [1.54, 1.807) is 6.26 Å². The Balaban J connectivity index is 1.93. The second kappa shape index (κ2) is 8.15. The first kappa shape index (κ1) is 15.2. The van der Waals surface area contributed by atoms with E-state index in [1.807, 2.05) is 18.2 Å². The van der Waals surface area contributed by atoms with Gasteiger partial charge in [-0.2, -0.15) is 0 Å². The van der Waals surface area contributed by atoms with Gasteiger partial charge in [0.2, 0.25) is 0 Å². The zero-order valence-corrected chi connectivity index (χ0v) is 12.7. The first-order valence-electron chi connectivity index (χ1n) is 7.35. The van der Waals surface area contributed by atoms with Crippen LogP contribution in [0.1, 0.15) is 18.2 Å². The third-order valence-electron chi connectivity index (χ3n) is 3.16. The molecule has 1 aromatic heterocycles. The fourth-order valence-electron chi connectivity index (χ4n) is 2.13. The monoisotopic (exact) mass is 285 g/mol. The van der Waals surface area contributed by atoms with Gasteiger partial charge in [0.1, 0.15) is 5.76 Å². The molecule has 0 aliphatic rings. The highest BCUT2D eigenvalue weighted by Gasteiger charge is 2.06. The van der Waals surface area contributed by atoms with Crippen LogP contribution in [0, 0.1) is 0 Å². The van der Waals surface area contributed by atoms with Crippen LogP contribution in [0.4, 0.5) is 0 Å². The molecule has 0 radical (unpaired) electrons. The predicted octanol–water partition coefficient (Wildman–Crippen LogP) is 2.92. The number of benzene rings is 1. The van der Waals surface area contributed by atoms with E-state index < -0.39 is 0 Å². The molecule has 21 heavy (non-hydrogen) atoms. The highest BCUT2D eigenvalue weighted by molar-refractivity contribution is 5.79. The van der Waals surface area contributed by atoms with Gasteiger partial charge in [0.25, 0.3) is 0 Å². The van der Waals surface area contributed by atoms with Gasteiger partial charge in [0.15, 0.2) is 5.96 Å². The lowest BCUT2D eigenvalue weighted by Crippen LogP contribution is -2.38. The molecule has 4 heteroatoms. The van der Waals surface area contributed by atoms with Gasteiger partial charge in [-0.3, -0.25) is 4.99 Å². The highest BCUT2D eigenvalue weighted by atomic mass is 16.3. The van der Waals surface area contributed by atoms with E-state index >= 15 is 0 Å². The summed E-state index contributed by atoms with van der Waals surface area (Å²) in [5.41, 5.74) is 1.27. The van der Waals surface area contributed by atoms with E-state index in [9.17, 15) is 0 Å². The molecule has 0 aliphatic carbocycles.